The fourth-order valence-electron chi connectivity index (χ4n) is 1.68. The molecule has 1 amide bonds. The van der Waals surface area contributed by atoms with E-state index < -0.39 is 17.9 Å². The molecular weight excluding hydrogens is 286 g/mol. The molecule has 0 spiro atoms. The van der Waals surface area contributed by atoms with Crippen molar-refractivity contribution in [3.8, 4) is 0 Å². The van der Waals surface area contributed by atoms with Crippen LogP contribution in [0.15, 0.2) is 12.1 Å². The summed E-state index contributed by atoms with van der Waals surface area (Å²) < 4.78 is 0.617. The van der Waals surface area contributed by atoms with Gasteiger partial charge in [-0.25, -0.2) is 4.79 Å². The maximum atomic E-state index is 12.0. The molecule has 2 atom stereocenters. The minimum atomic E-state index is -1.00. The van der Waals surface area contributed by atoms with Gasteiger partial charge < -0.3 is 10.4 Å². The standard InChI is InChI=1S/C13H18ClNO3S/c1-7(2)6-9(13(17)18)15-12(16)8(3)10-4-5-11(14)19-10/h4-5,7-9H,6H2,1-3H3,(H,15,16)(H,17,18)/t8?,9-/m0/s1. The fourth-order valence-corrected chi connectivity index (χ4v) is 2.79. The molecule has 1 heterocycles. The van der Waals surface area contributed by atoms with Crippen LogP contribution in [0.1, 0.15) is 38.0 Å². The highest BCUT2D eigenvalue weighted by Gasteiger charge is 2.25. The first kappa shape index (κ1) is 16.0. The summed E-state index contributed by atoms with van der Waals surface area (Å²) in [5, 5.41) is 11.7. The van der Waals surface area contributed by atoms with Gasteiger partial charge >= 0.3 is 5.97 Å². The van der Waals surface area contributed by atoms with E-state index in [2.05, 4.69) is 5.32 Å². The number of thiophene rings is 1. The van der Waals surface area contributed by atoms with Crippen LogP contribution in [-0.2, 0) is 9.59 Å². The summed E-state index contributed by atoms with van der Waals surface area (Å²) >= 11 is 7.16. The number of rotatable bonds is 6. The number of aliphatic carboxylic acids is 1. The van der Waals surface area contributed by atoms with Crippen LogP contribution >= 0.6 is 22.9 Å². The van der Waals surface area contributed by atoms with Crippen LogP contribution in [0.3, 0.4) is 0 Å². The molecule has 0 aliphatic heterocycles. The van der Waals surface area contributed by atoms with Crippen LogP contribution in [-0.4, -0.2) is 23.0 Å². The molecule has 106 valence electrons. The second kappa shape index (κ2) is 6.91. The number of hydrogen-bond donors (Lipinski definition) is 2. The van der Waals surface area contributed by atoms with Gasteiger partial charge in [-0.2, -0.15) is 0 Å². The van der Waals surface area contributed by atoms with E-state index in [1.165, 1.54) is 11.3 Å². The highest BCUT2D eigenvalue weighted by Crippen LogP contribution is 2.28. The highest BCUT2D eigenvalue weighted by molar-refractivity contribution is 7.16. The van der Waals surface area contributed by atoms with Crippen LogP contribution in [0.5, 0.6) is 0 Å². The van der Waals surface area contributed by atoms with E-state index in [9.17, 15) is 9.59 Å². The van der Waals surface area contributed by atoms with E-state index >= 15 is 0 Å². The smallest absolute Gasteiger partial charge is 0.326 e. The summed E-state index contributed by atoms with van der Waals surface area (Å²) in [7, 11) is 0. The van der Waals surface area contributed by atoms with Gasteiger partial charge in [0.25, 0.3) is 0 Å². The molecule has 1 rings (SSSR count). The lowest BCUT2D eigenvalue weighted by Gasteiger charge is -2.18. The Morgan fingerprint density at radius 2 is 2.00 bits per heavy atom. The Morgan fingerprint density at radius 1 is 1.37 bits per heavy atom. The van der Waals surface area contributed by atoms with Gasteiger partial charge in [0.1, 0.15) is 6.04 Å². The van der Waals surface area contributed by atoms with Crippen molar-refractivity contribution in [1.29, 1.82) is 0 Å². The SMILES string of the molecule is CC(C)C[C@H](NC(=O)C(C)c1ccc(Cl)s1)C(=O)O. The van der Waals surface area contributed by atoms with Gasteiger partial charge in [-0.15, -0.1) is 11.3 Å². The molecule has 0 aromatic carbocycles. The Morgan fingerprint density at radius 3 is 2.42 bits per heavy atom. The Kier molecular flexibility index (Phi) is 5.82. The second-order valence-electron chi connectivity index (χ2n) is 4.89. The molecule has 1 unspecified atom stereocenters. The van der Waals surface area contributed by atoms with Crippen LogP contribution in [0.25, 0.3) is 0 Å². The molecule has 0 saturated heterocycles. The van der Waals surface area contributed by atoms with Gasteiger partial charge in [0.2, 0.25) is 5.91 Å². The largest absolute Gasteiger partial charge is 0.480 e. The number of carboxylic acid groups (broad SMARTS) is 1. The third-order valence-corrected chi connectivity index (χ3v) is 4.15. The zero-order valence-electron chi connectivity index (χ0n) is 11.1. The summed E-state index contributed by atoms with van der Waals surface area (Å²) in [4.78, 5) is 24.0. The molecule has 1 aromatic heterocycles. The third-order valence-electron chi connectivity index (χ3n) is 2.74. The molecule has 6 heteroatoms. The molecule has 2 N–H and O–H groups in total. The van der Waals surface area contributed by atoms with Crippen molar-refractivity contribution < 1.29 is 14.7 Å². The lowest BCUT2D eigenvalue weighted by molar-refractivity contribution is -0.142. The van der Waals surface area contributed by atoms with Crippen molar-refractivity contribution in [3.05, 3.63) is 21.3 Å². The van der Waals surface area contributed by atoms with Gasteiger partial charge in [0.05, 0.1) is 10.3 Å². The highest BCUT2D eigenvalue weighted by atomic mass is 35.5. The number of carbonyl (C=O) groups is 2. The average molecular weight is 304 g/mol. The average Bonchev–Trinajstić information content (AvgIpc) is 2.73. The van der Waals surface area contributed by atoms with Gasteiger partial charge in [0, 0.05) is 4.88 Å². The van der Waals surface area contributed by atoms with Crippen LogP contribution in [0.2, 0.25) is 4.34 Å². The van der Waals surface area contributed by atoms with Crippen molar-refractivity contribution in [1.82, 2.24) is 5.32 Å². The number of amides is 1. The Hall–Kier alpha value is -1.07. The number of hydrogen-bond acceptors (Lipinski definition) is 3. The molecule has 0 aliphatic rings. The summed E-state index contributed by atoms with van der Waals surface area (Å²) in [6, 6.07) is 2.68. The van der Waals surface area contributed by atoms with E-state index in [-0.39, 0.29) is 11.8 Å². The molecule has 0 bridgehead atoms. The lowest BCUT2D eigenvalue weighted by Crippen LogP contribution is -2.43. The topological polar surface area (TPSA) is 66.4 Å². The van der Waals surface area contributed by atoms with E-state index in [0.717, 1.165) is 4.88 Å². The molecule has 0 saturated carbocycles. The van der Waals surface area contributed by atoms with E-state index in [1.807, 2.05) is 13.8 Å². The first-order chi connectivity index (χ1) is 8.81. The molecule has 0 fully saturated rings. The molecule has 0 radical (unpaired) electrons. The van der Waals surface area contributed by atoms with Crippen molar-refractivity contribution in [3.63, 3.8) is 0 Å². The van der Waals surface area contributed by atoms with Gasteiger partial charge in [-0.1, -0.05) is 25.4 Å². The molecule has 4 nitrogen and oxygen atoms in total. The van der Waals surface area contributed by atoms with Crippen molar-refractivity contribution >= 4 is 34.8 Å². The van der Waals surface area contributed by atoms with Crippen LogP contribution < -0.4 is 5.32 Å². The summed E-state index contributed by atoms with van der Waals surface area (Å²) in [6.07, 6.45) is 0.416. The number of halogens is 1. The molecule has 1 aromatic rings. The quantitative estimate of drug-likeness (QED) is 0.848. The maximum absolute atomic E-state index is 12.0. The van der Waals surface area contributed by atoms with E-state index in [0.29, 0.717) is 10.8 Å². The Labute approximate surface area is 121 Å². The van der Waals surface area contributed by atoms with Crippen molar-refractivity contribution in [2.45, 2.75) is 39.2 Å². The number of carboxylic acids is 1. The van der Waals surface area contributed by atoms with E-state index in [4.69, 9.17) is 16.7 Å². The van der Waals surface area contributed by atoms with Crippen LogP contribution in [0.4, 0.5) is 0 Å². The fraction of sp³-hybridized carbons (Fsp3) is 0.538. The van der Waals surface area contributed by atoms with Gasteiger partial charge in [-0.3, -0.25) is 4.79 Å². The molecule has 0 aliphatic carbocycles. The predicted molar refractivity (Wildman–Crippen MR) is 76.8 cm³/mol. The zero-order chi connectivity index (χ0) is 14.6. The van der Waals surface area contributed by atoms with Gasteiger partial charge in [-0.05, 0) is 31.4 Å². The number of carbonyl (C=O) groups excluding carboxylic acids is 1. The summed E-state index contributed by atoms with van der Waals surface area (Å²) in [5.41, 5.74) is 0. The number of nitrogens with one attached hydrogen (secondary N) is 1. The minimum absolute atomic E-state index is 0.202. The predicted octanol–water partition coefficient (Wildman–Crippen LogP) is 3.12. The molecular formula is C13H18ClNO3S. The van der Waals surface area contributed by atoms with Gasteiger partial charge in [0.15, 0.2) is 0 Å². The van der Waals surface area contributed by atoms with Crippen molar-refractivity contribution in [2.75, 3.05) is 0 Å². The third kappa shape index (κ3) is 4.84. The minimum Gasteiger partial charge on any atom is -0.480 e. The Bertz CT molecular complexity index is 458. The lowest BCUT2D eigenvalue weighted by atomic mass is 10.0. The molecule has 19 heavy (non-hydrogen) atoms. The van der Waals surface area contributed by atoms with Crippen molar-refractivity contribution in [2.24, 2.45) is 5.92 Å². The zero-order valence-corrected chi connectivity index (χ0v) is 12.7. The van der Waals surface area contributed by atoms with E-state index in [1.54, 1.807) is 19.1 Å². The first-order valence-corrected chi connectivity index (χ1v) is 7.29. The summed E-state index contributed by atoms with van der Waals surface area (Å²) in [6.45, 7) is 5.58. The second-order valence-corrected chi connectivity index (χ2v) is 6.64. The Balaban J connectivity index is 2.68. The van der Waals surface area contributed by atoms with Crippen LogP contribution in [0, 0.1) is 5.92 Å². The first-order valence-electron chi connectivity index (χ1n) is 6.09. The monoisotopic (exact) mass is 303 g/mol. The summed E-state index contributed by atoms with van der Waals surface area (Å²) in [5.74, 6) is -1.48. The normalized spacial score (nSPS) is 14.2. The maximum Gasteiger partial charge on any atom is 0.326 e.